The molecular weight excluding hydrogens is 354 g/mol. The zero-order chi connectivity index (χ0) is 19.3. The van der Waals surface area contributed by atoms with Crippen LogP contribution in [0.4, 0.5) is 5.69 Å². The molecule has 2 aromatic carbocycles. The average molecular weight is 377 g/mol. The Bertz CT molecular complexity index is 992. The molecule has 2 unspecified atom stereocenters. The maximum atomic E-state index is 13.4. The molecule has 2 atom stereocenters. The Hall–Kier alpha value is -2.73. The number of benzene rings is 2. The molecule has 28 heavy (non-hydrogen) atoms. The highest BCUT2D eigenvalue weighted by Gasteiger charge is 2.40. The summed E-state index contributed by atoms with van der Waals surface area (Å²) in [7, 11) is 0. The quantitative estimate of drug-likeness (QED) is 0.788. The van der Waals surface area contributed by atoms with Crippen LogP contribution < -0.4 is 15.5 Å². The summed E-state index contributed by atoms with van der Waals surface area (Å²) in [6.07, 6.45) is 3.93. The molecule has 6 nitrogen and oxygen atoms in total. The molecule has 0 spiro atoms. The Morgan fingerprint density at radius 2 is 1.89 bits per heavy atom. The molecule has 2 fully saturated rings. The monoisotopic (exact) mass is 377 g/mol. The van der Waals surface area contributed by atoms with Crippen LogP contribution in [0.3, 0.4) is 0 Å². The van der Waals surface area contributed by atoms with Crippen LogP contribution in [0, 0.1) is 0 Å². The van der Waals surface area contributed by atoms with Crippen LogP contribution in [-0.4, -0.2) is 36.9 Å². The first-order valence-electron chi connectivity index (χ1n) is 10.1. The molecule has 0 saturated carbocycles. The highest BCUT2D eigenvalue weighted by atomic mass is 16.2. The maximum Gasteiger partial charge on any atom is 0.259 e. The van der Waals surface area contributed by atoms with Crippen LogP contribution in [0.1, 0.15) is 53.9 Å². The van der Waals surface area contributed by atoms with E-state index in [0.29, 0.717) is 17.9 Å². The van der Waals surface area contributed by atoms with E-state index in [1.165, 1.54) is 5.56 Å². The number of amides is 3. The fourth-order valence-electron chi connectivity index (χ4n) is 4.87. The highest BCUT2D eigenvalue weighted by Crippen LogP contribution is 2.42. The Labute approximate surface area is 163 Å². The minimum atomic E-state index is -0.631. The number of anilines is 1. The van der Waals surface area contributed by atoms with Gasteiger partial charge in [-0.25, -0.2) is 0 Å². The molecule has 0 bridgehead atoms. The number of hydrogen-bond acceptors (Lipinski definition) is 4. The van der Waals surface area contributed by atoms with E-state index < -0.39 is 6.04 Å². The van der Waals surface area contributed by atoms with Crippen molar-refractivity contribution in [1.29, 1.82) is 0 Å². The van der Waals surface area contributed by atoms with Gasteiger partial charge in [0.05, 0.1) is 11.3 Å². The van der Waals surface area contributed by atoms with Gasteiger partial charge in [-0.15, -0.1) is 0 Å². The molecule has 2 aromatic rings. The molecule has 2 saturated heterocycles. The lowest BCUT2D eigenvalue weighted by atomic mass is 9.89. The van der Waals surface area contributed by atoms with E-state index in [2.05, 4.69) is 16.7 Å². The molecule has 0 aromatic heterocycles. The summed E-state index contributed by atoms with van der Waals surface area (Å²) >= 11 is 0. The zero-order valence-corrected chi connectivity index (χ0v) is 15.7. The minimum Gasteiger partial charge on any atom is -0.317 e. The molecule has 3 aliphatic rings. The van der Waals surface area contributed by atoms with Gasteiger partial charge >= 0.3 is 0 Å². The second kappa shape index (κ2) is 6.71. The van der Waals surface area contributed by atoms with E-state index >= 15 is 0 Å². The summed E-state index contributed by atoms with van der Waals surface area (Å²) in [6.45, 7) is 2.04. The van der Waals surface area contributed by atoms with Gasteiger partial charge in [0.1, 0.15) is 6.04 Å². The summed E-state index contributed by atoms with van der Waals surface area (Å²) in [5, 5.41) is 7.79. The van der Waals surface area contributed by atoms with Crippen LogP contribution in [0.2, 0.25) is 0 Å². The molecule has 2 N–H and O–H groups in total. The molecule has 144 valence electrons. The largest absolute Gasteiger partial charge is 0.317 e. The second-order valence-electron chi connectivity index (χ2n) is 7.96. The van der Waals surface area contributed by atoms with Gasteiger partial charge < -0.3 is 5.32 Å². The van der Waals surface area contributed by atoms with Gasteiger partial charge in [0.15, 0.2) is 0 Å². The third-order valence-corrected chi connectivity index (χ3v) is 6.25. The minimum absolute atomic E-state index is 0.130. The van der Waals surface area contributed by atoms with Gasteiger partial charge in [0.2, 0.25) is 11.8 Å². The number of carbonyl (C=O) groups excluding carboxylic acids is 3. The SMILES string of the molecule is O=C1CCC(N2C(=O)c3cc(C4CCCNCC4)cc4cccc2c34)C(=O)N1. The highest BCUT2D eigenvalue weighted by molar-refractivity contribution is 6.27. The summed E-state index contributed by atoms with van der Waals surface area (Å²) in [6, 6.07) is 9.50. The van der Waals surface area contributed by atoms with Crippen LogP contribution in [0.5, 0.6) is 0 Å². The number of hydrogen-bond donors (Lipinski definition) is 2. The van der Waals surface area contributed by atoms with Crippen LogP contribution >= 0.6 is 0 Å². The number of imide groups is 1. The van der Waals surface area contributed by atoms with E-state index in [0.717, 1.165) is 48.8 Å². The van der Waals surface area contributed by atoms with Gasteiger partial charge in [-0.3, -0.25) is 24.6 Å². The molecule has 3 heterocycles. The van der Waals surface area contributed by atoms with Crippen LogP contribution in [0.15, 0.2) is 30.3 Å². The summed E-state index contributed by atoms with van der Waals surface area (Å²) < 4.78 is 0. The number of nitrogens with zero attached hydrogens (tertiary/aromatic N) is 1. The molecular formula is C22H23N3O3. The average Bonchev–Trinajstić information content (AvgIpc) is 2.87. The lowest BCUT2D eigenvalue weighted by molar-refractivity contribution is -0.134. The van der Waals surface area contributed by atoms with Gasteiger partial charge in [-0.05, 0) is 67.8 Å². The van der Waals surface area contributed by atoms with E-state index in [-0.39, 0.29) is 24.1 Å². The standard InChI is InChI=1S/C22H23N3O3/c26-19-7-6-18(21(27)24-19)25-17-5-1-3-14-11-15(12-16(20(14)17)22(25)28)13-4-2-9-23-10-8-13/h1,3,5,11-13,18,23H,2,4,6-10H2,(H,24,26,27). The number of nitrogens with one attached hydrogen (secondary N) is 2. The zero-order valence-electron chi connectivity index (χ0n) is 15.7. The Morgan fingerprint density at radius 1 is 1.00 bits per heavy atom. The smallest absolute Gasteiger partial charge is 0.259 e. The van der Waals surface area contributed by atoms with E-state index in [1.54, 1.807) is 4.90 Å². The van der Waals surface area contributed by atoms with Gasteiger partial charge in [-0.2, -0.15) is 0 Å². The topological polar surface area (TPSA) is 78.5 Å². The fourth-order valence-corrected chi connectivity index (χ4v) is 4.87. The second-order valence-corrected chi connectivity index (χ2v) is 7.96. The summed E-state index contributed by atoms with van der Waals surface area (Å²) in [4.78, 5) is 38.9. The third-order valence-electron chi connectivity index (χ3n) is 6.25. The first-order valence-corrected chi connectivity index (χ1v) is 10.1. The fraction of sp³-hybridized carbons (Fsp3) is 0.409. The first kappa shape index (κ1) is 17.4. The normalized spacial score (nSPS) is 25.1. The van der Waals surface area contributed by atoms with Crippen LogP contribution in [-0.2, 0) is 9.59 Å². The maximum absolute atomic E-state index is 13.4. The Morgan fingerprint density at radius 3 is 2.75 bits per heavy atom. The van der Waals surface area contributed by atoms with E-state index in [1.807, 2.05) is 24.3 Å². The van der Waals surface area contributed by atoms with Crippen LogP contribution in [0.25, 0.3) is 10.8 Å². The Balaban J connectivity index is 1.57. The summed E-state index contributed by atoms with van der Waals surface area (Å²) in [5.74, 6) is -0.344. The van der Waals surface area contributed by atoms with Crippen molar-refractivity contribution in [2.45, 2.75) is 44.1 Å². The molecule has 5 rings (SSSR count). The number of piperidine rings is 1. The summed E-state index contributed by atoms with van der Waals surface area (Å²) in [5.41, 5.74) is 2.67. The van der Waals surface area contributed by atoms with Crippen molar-refractivity contribution in [3.63, 3.8) is 0 Å². The van der Waals surface area contributed by atoms with Crippen molar-refractivity contribution in [1.82, 2.24) is 10.6 Å². The molecule has 0 aliphatic carbocycles. The van der Waals surface area contributed by atoms with Gasteiger partial charge in [0.25, 0.3) is 5.91 Å². The molecule has 3 amide bonds. The predicted octanol–water partition coefficient (Wildman–Crippen LogP) is 2.46. The third kappa shape index (κ3) is 2.71. The van der Waals surface area contributed by atoms with Crippen molar-refractivity contribution < 1.29 is 14.4 Å². The molecule has 0 radical (unpaired) electrons. The van der Waals surface area contributed by atoms with E-state index in [9.17, 15) is 14.4 Å². The number of rotatable bonds is 2. The van der Waals surface area contributed by atoms with E-state index in [4.69, 9.17) is 0 Å². The predicted molar refractivity (Wildman–Crippen MR) is 106 cm³/mol. The molecule has 3 aliphatic heterocycles. The van der Waals surface area contributed by atoms with Crippen molar-refractivity contribution >= 4 is 34.2 Å². The number of carbonyl (C=O) groups is 3. The lowest BCUT2D eigenvalue weighted by Gasteiger charge is -2.30. The van der Waals surface area contributed by atoms with Gasteiger partial charge in [-0.1, -0.05) is 18.2 Å². The van der Waals surface area contributed by atoms with Gasteiger partial charge in [0, 0.05) is 11.8 Å². The molecule has 6 heteroatoms. The first-order chi connectivity index (χ1) is 13.6. The lowest BCUT2D eigenvalue weighted by Crippen LogP contribution is -2.53. The van der Waals surface area contributed by atoms with Crippen molar-refractivity contribution in [2.24, 2.45) is 0 Å². The van der Waals surface area contributed by atoms with Crippen molar-refractivity contribution in [2.75, 3.05) is 18.0 Å². The van der Waals surface area contributed by atoms with Crippen molar-refractivity contribution in [3.8, 4) is 0 Å². The Kier molecular flexibility index (Phi) is 4.16. The van der Waals surface area contributed by atoms with Crippen molar-refractivity contribution in [3.05, 3.63) is 41.5 Å².